The first kappa shape index (κ1) is 27.7. The summed E-state index contributed by atoms with van der Waals surface area (Å²) in [6.07, 6.45) is 12.1. The maximum Gasteiger partial charge on any atom is 0.343 e. The first-order valence-corrected chi connectivity index (χ1v) is 13.5. The quantitative estimate of drug-likeness (QED) is 0.206. The summed E-state index contributed by atoms with van der Waals surface area (Å²) >= 11 is 0. The fourth-order valence-electron chi connectivity index (χ4n) is 5.15. The largest absolute Gasteiger partial charge is 0.493 e. The number of pyridine rings is 1. The van der Waals surface area contributed by atoms with E-state index in [1.165, 1.54) is 6.20 Å². The molecule has 0 spiro atoms. The Morgan fingerprint density at radius 3 is 2.61 bits per heavy atom. The van der Waals surface area contributed by atoms with E-state index in [0.29, 0.717) is 34.6 Å². The summed E-state index contributed by atoms with van der Waals surface area (Å²) in [6, 6.07) is 9.24. The van der Waals surface area contributed by atoms with Gasteiger partial charge in [-0.05, 0) is 61.1 Å². The number of fused-ring (bicyclic) bond motifs is 1. The number of nitrogens with one attached hydrogen (secondary N) is 1. The molecule has 10 heteroatoms. The van der Waals surface area contributed by atoms with Crippen LogP contribution in [0.2, 0.25) is 0 Å². The summed E-state index contributed by atoms with van der Waals surface area (Å²) in [6.45, 7) is 0. The number of methoxy groups -OCH3 is 2. The van der Waals surface area contributed by atoms with Crippen LogP contribution in [0, 0.1) is 0 Å². The Morgan fingerprint density at radius 2 is 1.88 bits per heavy atom. The third-order valence-corrected chi connectivity index (χ3v) is 7.28. The number of carbonyl (C=O) groups excluding carboxylic acids is 1. The SMILES string of the molecule is COc1cc(Cc2cnc(N)nc2N)cc(C=Cc2ccc3c(=O)c(C(=O)OC4CCCCC4)c[nH]c3c2)c1OC. The number of nitrogen functional groups attached to an aromatic ring is 2. The van der Waals surface area contributed by atoms with Gasteiger partial charge in [0.2, 0.25) is 11.4 Å². The number of hydrogen-bond acceptors (Lipinski definition) is 9. The van der Waals surface area contributed by atoms with Gasteiger partial charge in [-0.3, -0.25) is 4.79 Å². The molecule has 1 aliphatic carbocycles. The third-order valence-electron chi connectivity index (χ3n) is 7.28. The molecule has 0 amide bonds. The topological polar surface area (TPSA) is 155 Å². The molecule has 2 aromatic heterocycles. The fraction of sp³-hybridized carbons (Fsp3) is 0.290. The summed E-state index contributed by atoms with van der Waals surface area (Å²) in [5.74, 6) is 1.01. The van der Waals surface area contributed by atoms with Gasteiger partial charge in [0.05, 0.1) is 14.2 Å². The average molecular weight is 556 g/mol. The van der Waals surface area contributed by atoms with E-state index in [1.807, 2.05) is 36.4 Å². The number of H-pyrrole nitrogens is 1. The summed E-state index contributed by atoms with van der Waals surface area (Å²) in [4.78, 5) is 37.0. The molecule has 5 rings (SSSR count). The molecule has 1 aliphatic rings. The van der Waals surface area contributed by atoms with E-state index in [9.17, 15) is 9.59 Å². The average Bonchev–Trinajstić information content (AvgIpc) is 2.97. The third kappa shape index (κ3) is 6.16. The number of rotatable bonds is 8. The number of nitrogens with two attached hydrogens (primary N) is 2. The minimum Gasteiger partial charge on any atom is -0.493 e. The number of aromatic nitrogens is 3. The Kier molecular flexibility index (Phi) is 8.19. The molecular weight excluding hydrogens is 522 g/mol. The van der Waals surface area contributed by atoms with E-state index < -0.39 is 5.97 Å². The number of aromatic amines is 1. The van der Waals surface area contributed by atoms with Crippen LogP contribution in [0.3, 0.4) is 0 Å². The van der Waals surface area contributed by atoms with Crippen molar-refractivity contribution in [2.75, 3.05) is 25.7 Å². The van der Waals surface area contributed by atoms with Crippen LogP contribution in [0.4, 0.5) is 11.8 Å². The van der Waals surface area contributed by atoms with Gasteiger partial charge in [0.15, 0.2) is 11.5 Å². The Balaban J connectivity index is 1.41. The molecule has 0 unspecified atom stereocenters. The molecule has 4 aromatic rings. The molecule has 0 bridgehead atoms. The Labute approximate surface area is 237 Å². The number of benzene rings is 2. The Bertz CT molecular complexity index is 1670. The van der Waals surface area contributed by atoms with E-state index in [4.69, 9.17) is 25.7 Å². The van der Waals surface area contributed by atoms with Crippen molar-refractivity contribution in [2.45, 2.75) is 44.6 Å². The van der Waals surface area contributed by atoms with Gasteiger partial charge in [0, 0.05) is 40.8 Å². The predicted molar refractivity (Wildman–Crippen MR) is 159 cm³/mol. The van der Waals surface area contributed by atoms with Crippen molar-refractivity contribution in [1.29, 1.82) is 0 Å². The van der Waals surface area contributed by atoms with Crippen molar-refractivity contribution in [3.05, 3.63) is 80.8 Å². The van der Waals surface area contributed by atoms with Crippen molar-refractivity contribution in [3.63, 3.8) is 0 Å². The zero-order valence-electron chi connectivity index (χ0n) is 23.1. The van der Waals surface area contributed by atoms with E-state index in [2.05, 4.69) is 15.0 Å². The summed E-state index contributed by atoms with van der Waals surface area (Å²) in [7, 11) is 3.16. The molecule has 10 nitrogen and oxygen atoms in total. The predicted octanol–water partition coefficient (Wildman–Crippen LogP) is 4.75. The van der Waals surface area contributed by atoms with Gasteiger partial charge in [0.1, 0.15) is 17.5 Å². The van der Waals surface area contributed by atoms with Gasteiger partial charge in [-0.2, -0.15) is 4.98 Å². The lowest BCUT2D eigenvalue weighted by atomic mass is 9.98. The highest BCUT2D eigenvalue weighted by molar-refractivity contribution is 5.94. The minimum absolute atomic E-state index is 0.0205. The van der Waals surface area contributed by atoms with E-state index in [0.717, 1.165) is 54.4 Å². The van der Waals surface area contributed by atoms with Gasteiger partial charge in [-0.1, -0.05) is 24.6 Å². The minimum atomic E-state index is -0.572. The summed E-state index contributed by atoms with van der Waals surface area (Å²) in [5, 5.41) is 0.421. The number of carbonyl (C=O) groups is 1. The zero-order chi connectivity index (χ0) is 28.9. The van der Waals surface area contributed by atoms with Gasteiger partial charge in [0.25, 0.3) is 0 Å². The summed E-state index contributed by atoms with van der Waals surface area (Å²) in [5.41, 5.74) is 15.2. The van der Waals surface area contributed by atoms with Crippen molar-refractivity contribution in [2.24, 2.45) is 0 Å². The van der Waals surface area contributed by atoms with E-state index >= 15 is 0 Å². The lowest BCUT2D eigenvalue weighted by Crippen LogP contribution is -2.25. The van der Waals surface area contributed by atoms with E-state index in [-0.39, 0.29) is 23.0 Å². The van der Waals surface area contributed by atoms with Gasteiger partial charge in [-0.25, -0.2) is 9.78 Å². The first-order chi connectivity index (χ1) is 19.9. The number of esters is 1. The van der Waals surface area contributed by atoms with Crippen molar-refractivity contribution in [3.8, 4) is 11.5 Å². The first-order valence-electron chi connectivity index (χ1n) is 13.5. The number of hydrogen-bond donors (Lipinski definition) is 3. The molecule has 1 saturated carbocycles. The molecule has 5 N–H and O–H groups in total. The molecular formula is C31H33N5O5. The molecule has 1 fully saturated rings. The lowest BCUT2D eigenvalue weighted by molar-refractivity contribution is 0.0209. The van der Waals surface area contributed by atoms with Crippen LogP contribution in [0.5, 0.6) is 11.5 Å². The number of anilines is 2. The molecule has 0 saturated heterocycles. The van der Waals surface area contributed by atoms with Crippen LogP contribution >= 0.6 is 0 Å². The van der Waals surface area contributed by atoms with Crippen LogP contribution in [-0.4, -0.2) is 41.2 Å². The normalized spacial score (nSPS) is 13.9. The van der Waals surface area contributed by atoms with Crippen molar-refractivity contribution < 1.29 is 19.0 Å². The molecule has 0 atom stereocenters. The fourth-order valence-corrected chi connectivity index (χ4v) is 5.15. The van der Waals surface area contributed by atoms with Gasteiger partial charge < -0.3 is 30.7 Å². The Hall–Kier alpha value is -4.86. The number of nitrogens with zero attached hydrogens (tertiary/aromatic N) is 2. The van der Waals surface area contributed by atoms with Crippen LogP contribution < -0.4 is 26.4 Å². The zero-order valence-corrected chi connectivity index (χ0v) is 23.1. The maximum absolute atomic E-state index is 13.1. The molecule has 212 valence electrons. The summed E-state index contributed by atoms with van der Waals surface area (Å²) < 4.78 is 16.8. The molecule has 0 radical (unpaired) electrons. The highest BCUT2D eigenvalue weighted by Crippen LogP contribution is 2.35. The maximum atomic E-state index is 13.1. The lowest BCUT2D eigenvalue weighted by Gasteiger charge is -2.21. The standard InChI is InChI=1S/C31H33N5O5/c1-39-26-15-19(13-21-16-35-31(33)36-29(21)32)12-20(28(26)40-2)10-8-18-9-11-23-25(14-18)34-17-24(27(23)37)30(38)41-22-6-4-3-5-7-22/h8-12,14-17,22H,3-7,13H2,1-2H3,(H,34,37)(H4,32,33,35,36). The molecule has 41 heavy (non-hydrogen) atoms. The van der Waals surface area contributed by atoms with Crippen LogP contribution in [-0.2, 0) is 11.2 Å². The Morgan fingerprint density at radius 1 is 1.07 bits per heavy atom. The second-order valence-corrected chi connectivity index (χ2v) is 10.1. The van der Waals surface area contributed by atoms with Crippen LogP contribution in [0.25, 0.3) is 23.1 Å². The highest BCUT2D eigenvalue weighted by Gasteiger charge is 2.21. The van der Waals surface area contributed by atoms with Gasteiger partial charge in [-0.15, -0.1) is 0 Å². The smallest absolute Gasteiger partial charge is 0.343 e. The molecule has 2 aromatic carbocycles. The molecule has 2 heterocycles. The monoisotopic (exact) mass is 555 g/mol. The van der Waals surface area contributed by atoms with Crippen LogP contribution in [0.1, 0.15) is 64.7 Å². The number of ether oxygens (including phenoxy) is 3. The highest BCUT2D eigenvalue weighted by atomic mass is 16.5. The molecule has 0 aliphatic heterocycles. The van der Waals surface area contributed by atoms with Gasteiger partial charge >= 0.3 is 5.97 Å². The van der Waals surface area contributed by atoms with Crippen molar-refractivity contribution in [1.82, 2.24) is 15.0 Å². The second kappa shape index (κ2) is 12.1. The van der Waals surface area contributed by atoms with E-state index in [1.54, 1.807) is 26.5 Å². The second-order valence-electron chi connectivity index (χ2n) is 10.1. The van der Waals surface area contributed by atoms with Crippen molar-refractivity contribution >= 4 is 40.8 Å². The van der Waals surface area contributed by atoms with Crippen LogP contribution in [0.15, 0.2) is 47.5 Å².